The molecule has 1 aromatic heterocycles. The van der Waals surface area contributed by atoms with Crippen molar-refractivity contribution in [2.24, 2.45) is 0 Å². The molecule has 102 valence electrons. The number of β-amino-alcohol motifs (C(OH)–C–C–N with tert-alkyl or cyclic N) is 1. The van der Waals surface area contributed by atoms with Gasteiger partial charge in [0.2, 0.25) is 0 Å². The second-order valence-electron chi connectivity index (χ2n) is 5.23. The minimum absolute atomic E-state index is 0.101. The van der Waals surface area contributed by atoms with Crippen LogP contribution >= 0.6 is 11.8 Å². The molecule has 1 saturated heterocycles. The molecule has 1 unspecified atom stereocenters. The number of likely N-dealkylation sites (tertiary alicyclic amines) is 1. The highest BCUT2D eigenvalue weighted by Gasteiger charge is 2.35. The molecule has 3 heterocycles. The van der Waals surface area contributed by atoms with Crippen LogP contribution in [0, 0.1) is 0 Å². The van der Waals surface area contributed by atoms with Gasteiger partial charge in [-0.3, -0.25) is 14.2 Å². The summed E-state index contributed by atoms with van der Waals surface area (Å²) in [5, 5.41) is 10.6. The first-order chi connectivity index (χ1) is 8.98. The molecule has 0 radical (unpaired) electrons. The highest BCUT2D eigenvalue weighted by Crippen LogP contribution is 2.23. The number of carbonyl (C=O) groups is 1. The van der Waals surface area contributed by atoms with Crippen molar-refractivity contribution in [2.75, 3.05) is 18.8 Å². The Morgan fingerprint density at radius 1 is 1.53 bits per heavy atom. The minimum atomic E-state index is -0.855. The third kappa shape index (κ3) is 2.17. The van der Waals surface area contributed by atoms with Gasteiger partial charge in [-0.2, -0.15) is 0 Å². The molecule has 0 saturated carbocycles. The number of nitrogens with zero attached hydrogens (tertiary/aromatic N) is 3. The molecule has 2 aliphatic rings. The van der Waals surface area contributed by atoms with Gasteiger partial charge in [-0.05, 0) is 13.3 Å². The molecule has 6 nitrogen and oxygen atoms in total. The maximum atomic E-state index is 12.3. The zero-order valence-electron chi connectivity index (χ0n) is 10.6. The highest BCUT2D eigenvalue weighted by atomic mass is 32.2. The van der Waals surface area contributed by atoms with Gasteiger partial charge in [-0.25, -0.2) is 4.98 Å². The fourth-order valence-corrected chi connectivity index (χ4v) is 3.37. The van der Waals surface area contributed by atoms with Crippen LogP contribution in [0.5, 0.6) is 0 Å². The Hall–Kier alpha value is -1.34. The lowest BCUT2D eigenvalue weighted by Crippen LogP contribution is -2.38. The lowest BCUT2D eigenvalue weighted by Gasteiger charge is -2.18. The van der Waals surface area contributed by atoms with Crippen molar-refractivity contribution in [2.45, 2.75) is 30.6 Å². The van der Waals surface area contributed by atoms with Gasteiger partial charge in [0.1, 0.15) is 5.56 Å². The van der Waals surface area contributed by atoms with Crippen molar-refractivity contribution < 1.29 is 9.90 Å². The van der Waals surface area contributed by atoms with Gasteiger partial charge in [-0.15, -0.1) is 0 Å². The second-order valence-corrected chi connectivity index (χ2v) is 6.30. The standard InChI is InChI=1S/C12H15N3O3S/c1-12(18)2-3-14(7-12)9(16)8-6-13-11-15(10(8)17)4-5-19-11/h6,18H,2-5,7H2,1H3. The topological polar surface area (TPSA) is 75.4 Å². The molecule has 1 amide bonds. The summed E-state index contributed by atoms with van der Waals surface area (Å²) in [6, 6.07) is 0. The van der Waals surface area contributed by atoms with E-state index in [0.717, 1.165) is 5.75 Å². The van der Waals surface area contributed by atoms with E-state index in [1.165, 1.54) is 22.9 Å². The zero-order valence-corrected chi connectivity index (χ0v) is 11.4. The molecule has 2 aliphatic heterocycles. The van der Waals surface area contributed by atoms with Crippen molar-refractivity contribution in [3.63, 3.8) is 0 Å². The number of rotatable bonds is 1. The number of aromatic nitrogens is 2. The number of thioether (sulfide) groups is 1. The van der Waals surface area contributed by atoms with Gasteiger partial charge in [-0.1, -0.05) is 11.8 Å². The van der Waals surface area contributed by atoms with Crippen LogP contribution in [-0.2, 0) is 6.54 Å². The van der Waals surface area contributed by atoms with E-state index in [2.05, 4.69) is 4.98 Å². The summed E-state index contributed by atoms with van der Waals surface area (Å²) in [4.78, 5) is 30.2. The summed E-state index contributed by atoms with van der Waals surface area (Å²) in [6.45, 7) is 3.04. The van der Waals surface area contributed by atoms with Crippen LogP contribution in [0.2, 0.25) is 0 Å². The van der Waals surface area contributed by atoms with Gasteiger partial charge in [0.25, 0.3) is 11.5 Å². The third-order valence-electron chi connectivity index (χ3n) is 3.53. The average molecular weight is 281 g/mol. The van der Waals surface area contributed by atoms with E-state index in [-0.39, 0.29) is 23.6 Å². The summed E-state index contributed by atoms with van der Waals surface area (Å²) in [6.07, 6.45) is 1.90. The monoisotopic (exact) mass is 281 g/mol. The molecule has 1 fully saturated rings. The number of aliphatic hydroxyl groups is 1. The van der Waals surface area contributed by atoms with Gasteiger partial charge >= 0.3 is 0 Å². The number of fused-ring (bicyclic) bond motifs is 1. The van der Waals surface area contributed by atoms with E-state index in [4.69, 9.17) is 0 Å². The molecule has 1 N–H and O–H groups in total. The number of hydrogen-bond donors (Lipinski definition) is 1. The Kier molecular flexibility index (Phi) is 2.90. The summed E-state index contributed by atoms with van der Waals surface area (Å²) < 4.78 is 1.55. The van der Waals surface area contributed by atoms with Crippen LogP contribution in [0.15, 0.2) is 16.1 Å². The summed E-state index contributed by atoms with van der Waals surface area (Å²) in [7, 11) is 0. The molecule has 3 rings (SSSR count). The van der Waals surface area contributed by atoms with E-state index in [0.29, 0.717) is 24.7 Å². The lowest BCUT2D eigenvalue weighted by molar-refractivity contribution is 0.0570. The SMILES string of the molecule is CC1(O)CCN(C(=O)c2cnc3n(c2=O)CCS3)C1. The molecular weight excluding hydrogens is 266 g/mol. The maximum Gasteiger partial charge on any atom is 0.267 e. The van der Waals surface area contributed by atoms with Crippen LogP contribution in [0.25, 0.3) is 0 Å². The summed E-state index contributed by atoms with van der Waals surface area (Å²) in [5.74, 6) is 0.487. The largest absolute Gasteiger partial charge is 0.388 e. The normalized spacial score (nSPS) is 25.7. The van der Waals surface area contributed by atoms with Crippen molar-refractivity contribution in [3.05, 3.63) is 22.1 Å². The fraction of sp³-hybridized carbons (Fsp3) is 0.583. The molecule has 0 aliphatic carbocycles. The minimum Gasteiger partial charge on any atom is -0.388 e. The van der Waals surface area contributed by atoms with E-state index in [1.807, 2.05) is 0 Å². The molecule has 19 heavy (non-hydrogen) atoms. The Morgan fingerprint density at radius 3 is 3.00 bits per heavy atom. The number of carbonyl (C=O) groups excluding carboxylic acids is 1. The van der Waals surface area contributed by atoms with Crippen LogP contribution < -0.4 is 5.56 Å². The molecule has 0 bridgehead atoms. The Balaban J connectivity index is 1.91. The fourth-order valence-electron chi connectivity index (χ4n) is 2.45. The molecule has 7 heteroatoms. The molecule has 1 atom stereocenters. The van der Waals surface area contributed by atoms with Crippen molar-refractivity contribution in [1.82, 2.24) is 14.5 Å². The predicted octanol–water partition coefficient (Wildman–Crippen LogP) is -0.0541. The number of hydrogen-bond acceptors (Lipinski definition) is 5. The van der Waals surface area contributed by atoms with E-state index < -0.39 is 5.60 Å². The maximum absolute atomic E-state index is 12.3. The Morgan fingerprint density at radius 2 is 2.32 bits per heavy atom. The molecular formula is C12H15N3O3S. The van der Waals surface area contributed by atoms with Crippen molar-refractivity contribution >= 4 is 17.7 Å². The first-order valence-electron chi connectivity index (χ1n) is 6.22. The van der Waals surface area contributed by atoms with E-state index in [1.54, 1.807) is 11.5 Å². The van der Waals surface area contributed by atoms with Gasteiger partial charge in [0, 0.05) is 31.6 Å². The summed E-state index contributed by atoms with van der Waals surface area (Å²) >= 11 is 1.52. The van der Waals surface area contributed by atoms with Gasteiger partial charge in [0.05, 0.1) is 5.60 Å². The average Bonchev–Trinajstić information content (AvgIpc) is 2.95. The first kappa shape index (κ1) is 12.7. The Bertz CT molecular complexity index is 596. The molecule has 1 aromatic rings. The van der Waals surface area contributed by atoms with E-state index in [9.17, 15) is 14.7 Å². The van der Waals surface area contributed by atoms with Crippen molar-refractivity contribution in [1.29, 1.82) is 0 Å². The van der Waals surface area contributed by atoms with Crippen LogP contribution in [0.4, 0.5) is 0 Å². The lowest BCUT2D eigenvalue weighted by atomic mass is 10.1. The summed E-state index contributed by atoms with van der Waals surface area (Å²) in [5.41, 5.74) is -1.03. The third-order valence-corrected chi connectivity index (χ3v) is 4.50. The molecule has 0 aromatic carbocycles. The van der Waals surface area contributed by atoms with Crippen LogP contribution in [-0.4, -0.2) is 49.9 Å². The van der Waals surface area contributed by atoms with Crippen LogP contribution in [0.3, 0.4) is 0 Å². The van der Waals surface area contributed by atoms with Crippen molar-refractivity contribution in [3.8, 4) is 0 Å². The quantitative estimate of drug-likeness (QED) is 0.730. The van der Waals surface area contributed by atoms with Crippen LogP contribution in [0.1, 0.15) is 23.7 Å². The highest BCUT2D eigenvalue weighted by molar-refractivity contribution is 7.99. The Labute approximate surface area is 114 Å². The van der Waals surface area contributed by atoms with Gasteiger partial charge < -0.3 is 10.0 Å². The molecule has 0 spiro atoms. The smallest absolute Gasteiger partial charge is 0.267 e. The number of amides is 1. The second kappa shape index (κ2) is 4.35. The predicted molar refractivity (Wildman–Crippen MR) is 70.4 cm³/mol. The first-order valence-corrected chi connectivity index (χ1v) is 7.21. The zero-order chi connectivity index (χ0) is 13.6. The van der Waals surface area contributed by atoms with Gasteiger partial charge in [0.15, 0.2) is 5.16 Å². The van der Waals surface area contributed by atoms with E-state index >= 15 is 0 Å².